The van der Waals surface area contributed by atoms with E-state index in [2.05, 4.69) is 5.43 Å². The van der Waals surface area contributed by atoms with Crippen LogP contribution in [0.2, 0.25) is 0 Å². The molecule has 0 saturated carbocycles. The number of carbonyl (C=O) groups excluding carboxylic acids is 1. The first-order valence-corrected chi connectivity index (χ1v) is 8.42. The van der Waals surface area contributed by atoms with E-state index >= 15 is 0 Å². The number of nitro benzene ring substituents is 1. The Bertz CT molecular complexity index is 1160. The van der Waals surface area contributed by atoms with Crippen molar-refractivity contribution in [3.63, 3.8) is 0 Å². The van der Waals surface area contributed by atoms with Crippen LogP contribution in [-0.2, 0) is 4.79 Å². The molecule has 3 aromatic rings. The Balaban J connectivity index is 1.90. The van der Waals surface area contributed by atoms with Crippen molar-refractivity contribution in [3.8, 4) is 17.4 Å². The molecule has 9 heteroatoms. The fourth-order valence-electron chi connectivity index (χ4n) is 2.74. The molecule has 1 amide bonds. The fraction of sp³-hybridized carbons (Fsp3) is 0.100. The first kappa shape index (κ1) is 19.6. The lowest BCUT2D eigenvalue weighted by molar-refractivity contribution is -0.384. The molecule has 0 spiro atoms. The standard InChI is InChI=1S/C20H15FN4O4/c1-12-3-4-13(2)24(12)23-20(26)14(11-22)9-16-6-8-19(29-16)17-7-5-15(21)10-18(17)25(27)28/h3-10H,1-2H3,(H,23,26)/b14-9-. The van der Waals surface area contributed by atoms with Crippen LogP contribution in [0.15, 0.2) is 52.5 Å². The number of aryl methyl sites for hydroxylation is 2. The van der Waals surface area contributed by atoms with Gasteiger partial charge in [-0.15, -0.1) is 0 Å². The van der Waals surface area contributed by atoms with Gasteiger partial charge in [0, 0.05) is 17.5 Å². The van der Waals surface area contributed by atoms with Crippen LogP contribution in [0.3, 0.4) is 0 Å². The minimum atomic E-state index is -0.744. The largest absolute Gasteiger partial charge is 0.456 e. The fourth-order valence-corrected chi connectivity index (χ4v) is 2.74. The Kier molecular flexibility index (Phi) is 5.27. The van der Waals surface area contributed by atoms with Gasteiger partial charge >= 0.3 is 0 Å². The number of hydrogen-bond donors (Lipinski definition) is 1. The number of rotatable bonds is 5. The average molecular weight is 394 g/mol. The molecule has 0 radical (unpaired) electrons. The van der Waals surface area contributed by atoms with Crippen molar-refractivity contribution in [3.05, 3.63) is 81.1 Å². The van der Waals surface area contributed by atoms with Crippen LogP contribution >= 0.6 is 0 Å². The number of furan rings is 1. The third-order valence-corrected chi connectivity index (χ3v) is 4.18. The Morgan fingerprint density at radius 2 is 1.93 bits per heavy atom. The number of carbonyl (C=O) groups is 1. The molecule has 3 rings (SSSR count). The topological polar surface area (TPSA) is 114 Å². The highest BCUT2D eigenvalue weighted by molar-refractivity contribution is 6.06. The van der Waals surface area contributed by atoms with E-state index in [9.17, 15) is 24.6 Å². The third kappa shape index (κ3) is 4.06. The summed E-state index contributed by atoms with van der Waals surface area (Å²) in [6.07, 6.45) is 1.22. The molecule has 0 bridgehead atoms. The summed E-state index contributed by atoms with van der Waals surface area (Å²) >= 11 is 0. The minimum absolute atomic E-state index is 0.0811. The van der Waals surface area contributed by atoms with Gasteiger partial charge in [-0.25, -0.2) is 4.39 Å². The summed E-state index contributed by atoms with van der Waals surface area (Å²) in [5.41, 5.74) is 3.60. The summed E-state index contributed by atoms with van der Waals surface area (Å²) < 4.78 is 20.4. The van der Waals surface area contributed by atoms with Crippen LogP contribution in [0.1, 0.15) is 17.1 Å². The summed E-state index contributed by atoms with van der Waals surface area (Å²) in [4.78, 5) is 22.9. The van der Waals surface area contributed by atoms with Gasteiger partial charge in [0.1, 0.15) is 29.0 Å². The predicted molar refractivity (Wildman–Crippen MR) is 103 cm³/mol. The first-order valence-electron chi connectivity index (χ1n) is 8.42. The van der Waals surface area contributed by atoms with E-state index in [1.54, 1.807) is 24.6 Å². The van der Waals surface area contributed by atoms with Gasteiger partial charge in [-0.05, 0) is 50.2 Å². The van der Waals surface area contributed by atoms with E-state index in [1.165, 1.54) is 24.3 Å². The van der Waals surface area contributed by atoms with Gasteiger partial charge in [-0.1, -0.05) is 0 Å². The van der Waals surface area contributed by atoms with Gasteiger partial charge in [0.05, 0.1) is 16.6 Å². The highest BCUT2D eigenvalue weighted by Crippen LogP contribution is 2.32. The van der Waals surface area contributed by atoms with Crippen molar-refractivity contribution in [2.75, 3.05) is 5.43 Å². The van der Waals surface area contributed by atoms with Crippen molar-refractivity contribution in [2.24, 2.45) is 0 Å². The van der Waals surface area contributed by atoms with E-state index in [1.807, 2.05) is 12.1 Å². The molecule has 1 aromatic carbocycles. The molecular formula is C20H15FN4O4. The predicted octanol–water partition coefficient (Wildman–Crippen LogP) is 4.09. The maximum atomic E-state index is 13.3. The quantitative estimate of drug-likeness (QED) is 0.303. The summed E-state index contributed by atoms with van der Waals surface area (Å²) in [7, 11) is 0. The van der Waals surface area contributed by atoms with Gasteiger partial charge in [0.2, 0.25) is 0 Å². The van der Waals surface area contributed by atoms with E-state index < -0.39 is 22.3 Å². The number of halogens is 1. The molecule has 0 aliphatic carbocycles. The summed E-state index contributed by atoms with van der Waals surface area (Å²) in [6.45, 7) is 3.61. The van der Waals surface area contributed by atoms with Crippen molar-refractivity contribution >= 4 is 17.7 Å². The molecule has 29 heavy (non-hydrogen) atoms. The molecule has 0 fully saturated rings. The number of nitrogens with zero attached hydrogens (tertiary/aromatic N) is 3. The highest BCUT2D eigenvalue weighted by atomic mass is 19.1. The maximum Gasteiger partial charge on any atom is 0.283 e. The van der Waals surface area contributed by atoms with Crippen LogP contribution in [-0.4, -0.2) is 15.5 Å². The third-order valence-electron chi connectivity index (χ3n) is 4.18. The molecule has 0 aliphatic rings. The number of hydrogen-bond acceptors (Lipinski definition) is 5. The average Bonchev–Trinajstić information content (AvgIpc) is 3.27. The number of amides is 1. The van der Waals surface area contributed by atoms with E-state index in [0.717, 1.165) is 23.5 Å². The monoisotopic (exact) mass is 394 g/mol. The van der Waals surface area contributed by atoms with Gasteiger partial charge in [0.15, 0.2) is 0 Å². The lowest BCUT2D eigenvalue weighted by Gasteiger charge is -2.10. The van der Waals surface area contributed by atoms with E-state index in [-0.39, 0.29) is 22.7 Å². The molecule has 1 N–H and O–H groups in total. The van der Waals surface area contributed by atoms with Crippen molar-refractivity contribution in [2.45, 2.75) is 13.8 Å². The van der Waals surface area contributed by atoms with Gasteiger partial charge in [0.25, 0.3) is 11.6 Å². The van der Waals surface area contributed by atoms with Gasteiger partial charge in [-0.3, -0.25) is 25.0 Å². The minimum Gasteiger partial charge on any atom is -0.456 e. The second-order valence-corrected chi connectivity index (χ2v) is 6.18. The second-order valence-electron chi connectivity index (χ2n) is 6.18. The molecule has 146 valence electrons. The van der Waals surface area contributed by atoms with Crippen LogP contribution in [0.5, 0.6) is 0 Å². The van der Waals surface area contributed by atoms with Gasteiger partial charge in [-0.2, -0.15) is 5.26 Å². The smallest absolute Gasteiger partial charge is 0.283 e. The molecule has 2 aromatic heterocycles. The maximum absolute atomic E-state index is 13.3. The van der Waals surface area contributed by atoms with Crippen molar-refractivity contribution < 1.29 is 18.5 Å². The lowest BCUT2D eigenvalue weighted by Crippen LogP contribution is -2.25. The Morgan fingerprint density at radius 1 is 1.24 bits per heavy atom. The number of benzene rings is 1. The van der Waals surface area contributed by atoms with Gasteiger partial charge < -0.3 is 4.42 Å². The number of aromatic nitrogens is 1. The molecule has 0 aliphatic heterocycles. The second kappa shape index (κ2) is 7.82. The molecular weight excluding hydrogens is 379 g/mol. The number of nitriles is 1. The normalized spacial score (nSPS) is 11.2. The van der Waals surface area contributed by atoms with Crippen LogP contribution in [0.4, 0.5) is 10.1 Å². The zero-order chi connectivity index (χ0) is 21.1. The van der Waals surface area contributed by atoms with Crippen LogP contribution in [0.25, 0.3) is 17.4 Å². The molecule has 8 nitrogen and oxygen atoms in total. The molecule has 2 heterocycles. The first-order chi connectivity index (χ1) is 13.8. The van der Waals surface area contributed by atoms with Crippen molar-refractivity contribution in [1.82, 2.24) is 4.68 Å². The summed E-state index contributed by atoms with van der Waals surface area (Å²) in [5.74, 6) is -1.13. The van der Waals surface area contributed by atoms with Crippen LogP contribution < -0.4 is 5.43 Å². The number of nitro groups is 1. The van der Waals surface area contributed by atoms with E-state index in [0.29, 0.717) is 0 Å². The summed E-state index contributed by atoms with van der Waals surface area (Å²) in [5, 5.41) is 20.5. The molecule has 0 saturated heterocycles. The zero-order valence-electron chi connectivity index (χ0n) is 15.5. The SMILES string of the molecule is Cc1ccc(C)n1NC(=O)/C(C#N)=C\c1ccc(-c2ccc(F)cc2[N+](=O)[O-])o1. The number of nitrogens with one attached hydrogen (secondary N) is 1. The molecule has 0 atom stereocenters. The zero-order valence-corrected chi connectivity index (χ0v) is 15.5. The van der Waals surface area contributed by atoms with Crippen LogP contribution in [0, 0.1) is 41.1 Å². The lowest BCUT2D eigenvalue weighted by atomic mass is 10.1. The Morgan fingerprint density at radius 3 is 2.55 bits per heavy atom. The molecule has 0 unspecified atom stereocenters. The Hall–Kier alpha value is -4.19. The van der Waals surface area contributed by atoms with Crippen molar-refractivity contribution in [1.29, 1.82) is 5.26 Å². The summed E-state index contributed by atoms with van der Waals surface area (Å²) in [6, 6.07) is 11.5. The Labute approximate surface area is 164 Å². The van der Waals surface area contributed by atoms with E-state index in [4.69, 9.17) is 4.42 Å². The highest BCUT2D eigenvalue weighted by Gasteiger charge is 2.19.